The second-order valence-electron chi connectivity index (χ2n) is 9.99. The van der Waals surface area contributed by atoms with E-state index in [0.29, 0.717) is 68.3 Å². The van der Waals surface area contributed by atoms with Crippen LogP contribution in [0.25, 0.3) is 0 Å². The third kappa shape index (κ3) is 6.29. The topological polar surface area (TPSA) is 90.6 Å². The predicted molar refractivity (Wildman–Crippen MR) is 123 cm³/mol. The van der Waals surface area contributed by atoms with Crippen LogP contribution >= 0.6 is 0 Å². The summed E-state index contributed by atoms with van der Waals surface area (Å²) in [5.41, 5.74) is 1.03. The van der Waals surface area contributed by atoms with Crippen LogP contribution in [-0.2, 0) is 16.0 Å². The number of anilines is 1. The van der Waals surface area contributed by atoms with Crippen molar-refractivity contribution in [2.24, 2.45) is 11.8 Å². The van der Waals surface area contributed by atoms with Gasteiger partial charge in [-0.2, -0.15) is 0 Å². The number of piperidine rings is 1. The molecule has 1 amide bonds. The van der Waals surface area contributed by atoms with Crippen molar-refractivity contribution in [1.29, 1.82) is 0 Å². The SMILES string of the molecule is Cc1nc(N2CCOCC2)[nH]c(=O)c1CCC(=O)NCC(C)(C)N1CC(C)CC(C)C1. The summed E-state index contributed by atoms with van der Waals surface area (Å²) in [4.78, 5) is 37.1. The Labute approximate surface area is 185 Å². The minimum absolute atomic E-state index is 0.0257. The lowest BCUT2D eigenvalue weighted by Crippen LogP contribution is -2.56. The number of H-pyrrole nitrogens is 1. The van der Waals surface area contributed by atoms with E-state index in [1.54, 1.807) is 0 Å². The summed E-state index contributed by atoms with van der Waals surface area (Å²) in [7, 11) is 0. The molecule has 1 aromatic heterocycles. The number of nitrogens with zero attached hydrogens (tertiary/aromatic N) is 3. The number of aromatic amines is 1. The van der Waals surface area contributed by atoms with Crippen molar-refractivity contribution in [1.82, 2.24) is 20.2 Å². The van der Waals surface area contributed by atoms with E-state index >= 15 is 0 Å². The summed E-state index contributed by atoms with van der Waals surface area (Å²) < 4.78 is 5.36. The molecule has 2 saturated heterocycles. The number of rotatable bonds is 7. The number of aromatic nitrogens is 2. The lowest BCUT2D eigenvalue weighted by Gasteiger charge is -2.45. The van der Waals surface area contributed by atoms with E-state index in [1.807, 2.05) is 11.8 Å². The molecule has 3 heterocycles. The van der Waals surface area contributed by atoms with Gasteiger partial charge in [-0.05, 0) is 45.4 Å². The molecule has 0 radical (unpaired) electrons. The average Bonchev–Trinajstić information content (AvgIpc) is 2.71. The normalized spacial score (nSPS) is 23.1. The Morgan fingerprint density at radius 1 is 1.23 bits per heavy atom. The Morgan fingerprint density at radius 2 is 1.87 bits per heavy atom. The summed E-state index contributed by atoms with van der Waals surface area (Å²) in [5.74, 6) is 1.93. The molecule has 2 unspecified atom stereocenters. The van der Waals surface area contributed by atoms with Gasteiger partial charge in [-0.25, -0.2) is 4.98 Å². The van der Waals surface area contributed by atoms with Gasteiger partial charge in [0.05, 0.1) is 13.2 Å². The molecule has 2 aliphatic rings. The molecular weight excluding hydrogens is 394 g/mol. The highest BCUT2D eigenvalue weighted by molar-refractivity contribution is 5.76. The Balaban J connectivity index is 1.53. The third-order valence-electron chi connectivity index (χ3n) is 6.57. The molecule has 0 bridgehead atoms. The number of ether oxygens (including phenoxy) is 1. The quantitative estimate of drug-likeness (QED) is 0.681. The molecule has 2 atom stereocenters. The minimum Gasteiger partial charge on any atom is -0.378 e. The van der Waals surface area contributed by atoms with Crippen molar-refractivity contribution < 1.29 is 9.53 Å². The first-order chi connectivity index (χ1) is 14.7. The number of carbonyl (C=O) groups is 1. The van der Waals surface area contributed by atoms with Crippen molar-refractivity contribution in [2.45, 2.75) is 59.4 Å². The van der Waals surface area contributed by atoms with Gasteiger partial charge in [-0.15, -0.1) is 0 Å². The smallest absolute Gasteiger partial charge is 0.255 e. The van der Waals surface area contributed by atoms with Crippen LogP contribution in [0, 0.1) is 18.8 Å². The van der Waals surface area contributed by atoms with Crippen molar-refractivity contribution in [3.8, 4) is 0 Å². The zero-order valence-corrected chi connectivity index (χ0v) is 19.8. The van der Waals surface area contributed by atoms with Crippen LogP contribution < -0.4 is 15.8 Å². The molecule has 0 spiro atoms. The largest absolute Gasteiger partial charge is 0.378 e. The predicted octanol–water partition coefficient (Wildman–Crippen LogP) is 1.72. The van der Waals surface area contributed by atoms with Crippen molar-refractivity contribution in [3.63, 3.8) is 0 Å². The molecule has 2 fully saturated rings. The van der Waals surface area contributed by atoms with Crippen molar-refractivity contribution >= 4 is 11.9 Å². The number of carbonyl (C=O) groups excluding carboxylic acids is 1. The number of hydrogen-bond acceptors (Lipinski definition) is 6. The molecule has 2 N–H and O–H groups in total. The second kappa shape index (κ2) is 10.1. The first-order valence-corrected chi connectivity index (χ1v) is 11.6. The summed E-state index contributed by atoms with van der Waals surface area (Å²) in [6.45, 7) is 16.3. The molecule has 8 nitrogen and oxygen atoms in total. The van der Waals surface area contributed by atoms with Crippen LogP contribution in [0.2, 0.25) is 0 Å². The van der Waals surface area contributed by atoms with Crippen LogP contribution in [-0.4, -0.2) is 72.3 Å². The van der Waals surface area contributed by atoms with Crippen molar-refractivity contribution in [2.75, 3.05) is 50.8 Å². The molecule has 31 heavy (non-hydrogen) atoms. The monoisotopic (exact) mass is 433 g/mol. The van der Waals surface area contributed by atoms with E-state index in [1.165, 1.54) is 6.42 Å². The maximum atomic E-state index is 12.6. The van der Waals surface area contributed by atoms with Gasteiger partial charge in [0.2, 0.25) is 11.9 Å². The van der Waals surface area contributed by atoms with E-state index in [4.69, 9.17) is 4.74 Å². The van der Waals surface area contributed by atoms with Gasteiger partial charge in [0.15, 0.2) is 0 Å². The molecule has 8 heteroatoms. The number of morpholine rings is 1. The first kappa shape index (κ1) is 23.7. The number of likely N-dealkylation sites (tertiary alicyclic amines) is 1. The Bertz CT molecular complexity index is 806. The van der Waals surface area contributed by atoms with Gasteiger partial charge in [0.25, 0.3) is 5.56 Å². The van der Waals surface area contributed by atoms with E-state index < -0.39 is 0 Å². The number of amides is 1. The van der Waals surface area contributed by atoms with Crippen molar-refractivity contribution in [3.05, 3.63) is 21.6 Å². The fourth-order valence-corrected chi connectivity index (χ4v) is 4.73. The van der Waals surface area contributed by atoms with Gasteiger partial charge in [0, 0.05) is 55.9 Å². The lowest BCUT2D eigenvalue weighted by atomic mass is 9.88. The first-order valence-electron chi connectivity index (χ1n) is 11.6. The van der Waals surface area contributed by atoms with E-state index in [2.05, 4.69) is 47.9 Å². The molecule has 3 rings (SSSR count). The fourth-order valence-electron chi connectivity index (χ4n) is 4.73. The molecule has 174 valence electrons. The Hall–Kier alpha value is -1.93. The second-order valence-corrected chi connectivity index (χ2v) is 9.99. The van der Waals surface area contributed by atoms with Crippen LogP contribution in [0.1, 0.15) is 51.8 Å². The average molecular weight is 434 g/mol. The van der Waals surface area contributed by atoms with Crippen LogP contribution in [0.3, 0.4) is 0 Å². The van der Waals surface area contributed by atoms with Crippen LogP contribution in [0.15, 0.2) is 4.79 Å². The van der Waals surface area contributed by atoms with Crippen LogP contribution in [0.4, 0.5) is 5.95 Å². The van der Waals surface area contributed by atoms with Gasteiger partial charge in [-0.1, -0.05) is 13.8 Å². The molecule has 2 aliphatic heterocycles. The Morgan fingerprint density at radius 3 is 2.48 bits per heavy atom. The van der Waals surface area contributed by atoms with Gasteiger partial charge < -0.3 is 15.0 Å². The van der Waals surface area contributed by atoms with E-state index in [0.717, 1.165) is 13.1 Å². The highest BCUT2D eigenvalue weighted by Gasteiger charge is 2.32. The highest BCUT2D eigenvalue weighted by Crippen LogP contribution is 2.26. The third-order valence-corrected chi connectivity index (χ3v) is 6.57. The summed E-state index contributed by atoms with van der Waals surface area (Å²) >= 11 is 0. The molecule has 0 aliphatic carbocycles. The summed E-state index contributed by atoms with van der Waals surface area (Å²) in [5, 5.41) is 3.09. The van der Waals surface area contributed by atoms with Gasteiger partial charge >= 0.3 is 0 Å². The zero-order chi connectivity index (χ0) is 22.6. The molecule has 1 aromatic rings. The number of aryl methyl sites for hydroxylation is 1. The number of nitrogens with one attached hydrogen (secondary N) is 2. The van der Waals surface area contributed by atoms with Crippen LogP contribution in [0.5, 0.6) is 0 Å². The minimum atomic E-state index is -0.154. The maximum Gasteiger partial charge on any atom is 0.255 e. The summed E-state index contributed by atoms with van der Waals surface area (Å²) in [6.07, 6.45) is 1.94. The standard InChI is InChI=1S/C23H39N5O3/c1-16-12-17(2)14-28(13-16)23(4,5)15-24-20(29)7-6-19-18(3)25-22(26-21(19)30)27-8-10-31-11-9-27/h16-17H,6-15H2,1-5H3,(H,24,29)(H,25,26,30). The van der Waals surface area contributed by atoms with E-state index in [-0.39, 0.29) is 23.4 Å². The highest BCUT2D eigenvalue weighted by atomic mass is 16.5. The molecule has 0 aromatic carbocycles. The van der Waals surface area contributed by atoms with Gasteiger partial charge in [0.1, 0.15) is 0 Å². The molecular formula is C23H39N5O3. The fraction of sp³-hybridized carbons (Fsp3) is 0.783. The maximum absolute atomic E-state index is 12.6. The lowest BCUT2D eigenvalue weighted by molar-refractivity contribution is -0.121. The Kier molecular flexibility index (Phi) is 7.75. The summed E-state index contributed by atoms with van der Waals surface area (Å²) in [6, 6.07) is 0. The van der Waals surface area contributed by atoms with E-state index in [9.17, 15) is 9.59 Å². The number of hydrogen-bond donors (Lipinski definition) is 2. The molecule has 0 saturated carbocycles. The zero-order valence-electron chi connectivity index (χ0n) is 19.8. The van der Waals surface area contributed by atoms with Gasteiger partial charge in [-0.3, -0.25) is 19.5 Å².